The van der Waals surface area contributed by atoms with Gasteiger partial charge in [-0.15, -0.1) is 0 Å². The lowest BCUT2D eigenvalue weighted by Crippen LogP contribution is -2.19. The molecule has 2 amide bonds. The van der Waals surface area contributed by atoms with Gasteiger partial charge in [0.2, 0.25) is 11.8 Å². The Morgan fingerprint density at radius 1 is 1.47 bits per heavy atom. The van der Waals surface area contributed by atoms with Crippen molar-refractivity contribution in [2.45, 2.75) is 13.5 Å². The molecule has 0 bridgehead atoms. The smallest absolute Gasteiger partial charge is 0.250 e. The van der Waals surface area contributed by atoms with Crippen LogP contribution in [0.15, 0.2) is 18.2 Å². The topological polar surface area (TPSA) is 72.2 Å². The van der Waals surface area contributed by atoms with Crippen LogP contribution in [0.4, 0.5) is 0 Å². The summed E-state index contributed by atoms with van der Waals surface area (Å²) in [5, 5.41) is 2.93. The van der Waals surface area contributed by atoms with E-state index in [1.54, 1.807) is 18.2 Å². The van der Waals surface area contributed by atoms with Crippen LogP contribution in [0.2, 0.25) is 5.02 Å². The van der Waals surface area contributed by atoms with Gasteiger partial charge in [-0.3, -0.25) is 9.59 Å². The van der Waals surface area contributed by atoms with Crippen LogP contribution in [0, 0.1) is 0 Å². The van der Waals surface area contributed by atoms with Crippen LogP contribution < -0.4 is 11.1 Å². The molecular formula is C10H11ClN2O2. The Labute approximate surface area is 92.4 Å². The van der Waals surface area contributed by atoms with Gasteiger partial charge in [-0.2, -0.15) is 0 Å². The molecule has 0 saturated carbocycles. The fourth-order valence-electron chi connectivity index (χ4n) is 1.10. The zero-order chi connectivity index (χ0) is 11.4. The van der Waals surface area contributed by atoms with Gasteiger partial charge in [0.1, 0.15) is 0 Å². The minimum atomic E-state index is -0.579. The van der Waals surface area contributed by atoms with Crippen molar-refractivity contribution >= 4 is 23.4 Å². The van der Waals surface area contributed by atoms with Crippen molar-refractivity contribution in [1.29, 1.82) is 0 Å². The van der Waals surface area contributed by atoms with Gasteiger partial charge < -0.3 is 11.1 Å². The van der Waals surface area contributed by atoms with Crippen LogP contribution in [-0.4, -0.2) is 11.8 Å². The number of hydrogen-bond acceptors (Lipinski definition) is 2. The largest absolute Gasteiger partial charge is 0.366 e. The number of nitrogens with two attached hydrogens (primary N) is 1. The Bertz CT molecular complexity index is 404. The third-order valence-corrected chi connectivity index (χ3v) is 2.17. The van der Waals surface area contributed by atoms with Crippen molar-refractivity contribution in [3.05, 3.63) is 34.3 Å². The Morgan fingerprint density at radius 3 is 2.67 bits per heavy atom. The molecule has 0 fully saturated rings. The number of nitrogens with one attached hydrogen (secondary N) is 1. The normalized spacial score (nSPS) is 9.73. The second-order valence-electron chi connectivity index (χ2n) is 3.09. The van der Waals surface area contributed by atoms with E-state index in [1.807, 2.05) is 0 Å². The molecular weight excluding hydrogens is 216 g/mol. The summed E-state index contributed by atoms with van der Waals surface area (Å²) in [6.07, 6.45) is 0. The molecule has 5 heteroatoms. The highest BCUT2D eigenvalue weighted by Gasteiger charge is 2.07. The first-order valence-electron chi connectivity index (χ1n) is 4.33. The number of amides is 2. The highest BCUT2D eigenvalue weighted by molar-refractivity contribution is 6.33. The molecule has 0 aliphatic carbocycles. The summed E-state index contributed by atoms with van der Waals surface area (Å²) in [6, 6.07) is 4.88. The molecule has 0 spiro atoms. The van der Waals surface area contributed by atoms with Gasteiger partial charge in [-0.1, -0.05) is 17.7 Å². The van der Waals surface area contributed by atoms with Gasteiger partial charge in [-0.25, -0.2) is 0 Å². The number of rotatable bonds is 3. The quantitative estimate of drug-likeness (QED) is 0.810. The summed E-state index contributed by atoms with van der Waals surface area (Å²) < 4.78 is 0. The van der Waals surface area contributed by atoms with E-state index in [1.165, 1.54) is 6.92 Å². The molecule has 1 aromatic rings. The van der Waals surface area contributed by atoms with E-state index in [4.69, 9.17) is 17.3 Å². The monoisotopic (exact) mass is 226 g/mol. The molecule has 0 aromatic heterocycles. The fourth-order valence-corrected chi connectivity index (χ4v) is 1.31. The molecule has 0 unspecified atom stereocenters. The summed E-state index contributed by atoms with van der Waals surface area (Å²) >= 11 is 5.77. The lowest BCUT2D eigenvalue weighted by molar-refractivity contribution is -0.119. The van der Waals surface area contributed by atoms with Gasteiger partial charge in [0.25, 0.3) is 0 Å². The third kappa shape index (κ3) is 3.25. The summed E-state index contributed by atoms with van der Waals surface area (Å²) in [5.74, 6) is -0.713. The molecule has 80 valence electrons. The highest BCUT2D eigenvalue weighted by Crippen LogP contribution is 2.16. The predicted molar refractivity (Wildman–Crippen MR) is 57.5 cm³/mol. The van der Waals surface area contributed by atoms with Crippen molar-refractivity contribution in [1.82, 2.24) is 5.32 Å². The molecule has 3 N–H and O–H groups in total. The van der Waals surface area contributed by atoms with Crippen LogP contribution in [0.1, 0.15) is 22.8 Å². The lowest BCUT2D eigenvalue weighted by Gasteiger charge is -2.05. The molecule has 0 atom stereocenters. The first-order chi connectivity index (χ1) is 7.00. The van der Waals surface area contributed by atoms with Crippen molar-refractivity contribution < 1.29 is 9.59 Å². The average molecular weight is 227 g/mol. The van der Waals surface area contributed by atoms with Gasteiger partial charge in [0.05, 0.1) is 10.6 Å². The summed E-state index contributed by atoms with van der Waals surface area (Å²) in [6.45, 7) is 1.78. The van der Waals surface area contributed by atoms with Gasteiger partial charge in [-0.05, 0) is 17.7 Å². The molecule has 0 aliphatic rings. The van der Waals surface area contributed by atoms with E-state index in [0.29, 0.717) is 11.6 Å². The Morgan fingerprint density at radius 2 is 2.13 bits per heavy atom. The second kappa shape index (κ2) is 4.79. The van der Waals surface area contributed by atoms with Crippen molar-refractivity contribution in [3.63, 3.8) is 0 Å². The first kappa shape index (κ1) is 11.5. The maximum atomic E-state index is 11.0. The van der Waals surface area contributed by atoms with E-state index in [9.17, 15) is 9.59 Å². The molecule has 4 nitrogen and oxygen atoms in total. The predicted octanol–water partition coefficient (Wildman–Crippen LogP) is 1.07. The number of hydrogen-bond donors (Lipinski definition) is 2. The van der Waals surface area contributed by atoms with Gasteiger partial charge in [0, 0.05) is 13.5 Å². The lowest BCUT2D eigenvalue weighted by atomic mass is 10.1. The SMILES string of the molecule is CC(=O)NCc1ccc(Cl)c(C(N)=O)c1. The van der Waals surface area contributed by atoms with Gasteiger partial charge >= 0.3 is 0 Å². The maximum absolute atomic E-state index is 11.0. The second-order valence-corrected chi connectivity index (χ2v) is 3.50. The van der Waals surface area contributed by atoms with E-state index in [-0.39, 0.29) is 11.5 Å². The molecule has 0 radical (unpaired) electrons. The first-order valence-corrected chi connectivity index (χ1v) is 4.71. The van der Waals surface area contributed by atoms with Crippen LogP contribution in [0.5, 0.6) is 0 Å². The fraction of sp³-hybridized carbons (Fsp3) is 0.200. The Balaban J connectivity index is 2.87. The number of benzene rings is 1. The van der Waals surface area contributed by atoms with Gasteiger partial charge in [0.15, 0.2) is 0 Å². The summed E-state index contributed by atoms with van der Waals surface area (Å²) in [5.41, 5.74) is 6.17. The minimum Gasteiger partial charge on any atom is -0.366 e. The Kier molecular flexibility index (Phi) is 3.68. The van der Waals surface area contributed by atoms with Crippen LogP contribution in [0.25, 0.3) is 0 Å². The van der Waals surface area contributed by atoms with E-state index >= 15 is 0 Å². The van der Waals surface area contributed by atoms with Crippen molar-refractivity contribution in [3.8, 4) is 0 Å². The molecule has 15 heavy (non-hydrogen) atoms. The highest BCUT2D eigenvalue weighted by atomic mass is 35.5. The molecule has 0 heterocycles. The zero-order valence-corrected chi connectivity index (χ0v) is 8.97. The standard InChI is InChI=1S/C10H11ClN2O2/c1-6(14)13-5-7-2-3-9(11)8(4-7)10(12)15/h2-4H,5H2,1H3,(H2,12,15)(H,13,14). The Hall–Kier alpha value is -1.55. The average Bonchev–Trinajstić information content (AvgIpc) is 2.16. The number of primary amides is 1. The molecule has 0 saturated heterocycles. The zero-order valence-electron chi connectivity index (χ0n) is 8.21. The summed E-state index contributed by atoms with van der Waals surface area (Å²) in [4.78, 5) is 21.6. The van der Waals surface area contributed by atoms with Crippen LogP contribution in [-0.2, 0) is 11.3 Å². The minimum absolute atomic E-state index is 0.134. The van der Waals surface area contributed by atoms with Crippen LogP contribution >= 0.6 is 11.6 Å². The maximum Gasteiger partial charge on any atom is 0.250 e. The number of carbonyl (C=O) groups excluding carboxylic acids is 2. The molecule has 0 aliphatic heterocycles. The van der Waals surface area contributed by atoms with E-state index in [0.717, 1.165) is 5.56 Å². The van der Waals surface area contributed by atoms with Crippen molar-refractivity contribution in [2.24, 2.45) is 5.73 Å². The number of halogens is 1. The van der Waals surface area contributed by atoms with Crippen LogP contribution in [0.3, 0.4) is 0 Å². The summed E-state index contributed by atoms with van der Waals surface area (Å²) in [7, 11) is 0. The molecule has 1 aromatic carbocycles. The third-order valence-electron chi connectivity index (χ3n) is 1.84. The molecule has 1 rings (SSSR count). The van der Waals surface area contributed by atoms with E-state index in [2.05, 4.69) is 5.32 Å². The van der Waals surface area contributed by atoms with E-state index < -0.39 is 5.91 Å². The number of carbonyl (C=O) groups is 2. The van der Waals surface area contributed by atoms with Crippen molar-refractivity contribution in [2.75, 3.05) is 0 Å².